The molecule has 0 aromatic rings. The van der Waals surface area contributed by atoms with Crippen LogP contribution in [0.2, 0.25) is 0 Å². The minimum absolute atomic E-state index is 0.0164. The summed E-state index contributed by atoms with van der Waals surface area (Å²) in [6.07, 6.45) is 0.624. The zero-order valence-corrected chi connectivity index (χ0v) is 28.2. The van der Waals surface area contributed by atoms with Crippen molar-refractivity contribution in [2.75, 3.05) is 13.2 Å². The Kier molecular flexibility index (Phi) is 10.3. The number of hydrogen-bond acceptors (Lipinski definition) is 13. The van der Waals surface area contributed by atoms with Crippen molar-refractivity contribution in [3.05, 3.63) is 12.3 Å². The molecule has 0 aromatic heterocycles. The van der Waals surface area contributed by atoms with E-state index < -0.39 is 70.8 Å². The second-order valence-electron chi connectivity index (χ2n) is 14.7. The summed E-state index contributed by atoms with van der Waals surface area (Å²) < 4.78 is 40.9. The first-order chi connectivity index (χ1) is 22.1. The summed E-state index contributed by atoms with van der Waals surface area (Å²) in [6.45, 7) is 10.4. The van der Waals surface area contributed by atoms with Gasteiger partial charge in [-0.05, 0) is 57.9 Å². The number of epoxide rings is 1. The van der Waals surface area contributed by atoms with Crippen molar-refractivity contribution in [1.29, 1.82) is 0 Å². The van der Waals surface area contributed by atoms with Gasteiger partial charge in [0.15, 0.2) is 0 Å². The lowest BCUT2D eigenvalue weighted by atomic mass is 9.42. The van der Waals surface area contributed by atoms with Gasteiger partial charge in [0.25, 0.3) is 0 Å². The van der Waals surface area contributed by atoms with Gasteiger partial charge in [0.2, 0.25) is 6.29 Å². The van der Waals surface area contributed by atoms with E-state index in [0.29, 0.717) is 25.9 Å². The maximum Gasteiger partial charge on any atom is 0.309 e. The van der Waals surface area contributed by atoms with E-state index in [4.69, 9.17) is 33.2 Å². The number of hydrogen-bond donors (Lipinski definition) is 2. The topological polar surface area (TPSA) is 177 Å². The second-order valence-corrected chi connectivity index (χ2v) is 14.7. The highest BCUT2D eigenvalue weighted by atomic mass is 16.7. The van der Waals surface area contributed by atoms with Crippen molar-refractivity contribution in [1.82, 2.24) is 0 Å². The van der Waals surface area contributed by atoms with Crippen molar-refractivity contribution >= 4 is 23.9 Å². The third-order valence-corrected chi connectivity index (χ3v) is 11.2. The second kappa shape index (κ2) is 13.6. The van der Waals surface area contributed by atoms with Gasteiger partial charge in [0.1, 0.15) is 30.5 Å². The highest BCUT2D eigenvalue weighted by Gasteiger charge is 2.77. The number of rotatable bonds is 12. The zero-order valence-electron chi connectivity index (χ0n) is 28.2. The molecule has 264 valence electrons. The first-order valence-electron chi connectivity index (χ1n) is 16.8. The molecular weight excluding hydrogens is 616 g/mol. The number of aliphatic hydroxyl groups is 2. The summed E-state index contributed by atoms with van der Waals surface area (Å²) in [5.74, 6) is -2.51. The first-order valence-corrected chi connectivity index (χ1v) is 16.8. The van der Waals surface area contributed by atoms with Crippen molar-refractivity contribution in [2.24, 2.45) is 28.6 Å². The van der Waals surface area contributed by atoms with Gasteiger partial charge < -0.3 is 43.4 Å². The first kappa shape index (κ1) is 35.6. The molecular formula is C34H50O13. The maximum absolute atomic E-state index is 13.3. The molecule has 0 radical (unpaired) electrons. The van der Waals surface area contributed by atoms with Crippen LogP contribution in [0.3, 0.4) is 0 Å². The number of aliphatic hydroxyl groups excluding tert-OH is 2. The van der Waals surface area contributed by atoms with Crippen LogP contribution in [0.25, 0.3) is 0 Å². The van der Waals surface area contributed by atoms with E-state index in [1.165, 1.54) is 20.8 Å². The van der Waals surface area contributed by atoms with Crippen molar-refractivity contribution < 1.29 is 62.5 Å². The molecule has 2 saturated carbocycles. The monoisotopic (exact) mass is 666 g/mol. The van der Waals surface area contributed by atoms with Crippen LogP contribution in [0.1, 0.15) is 86.5 Å². The largest absolute Gasteiger partial charge is 0.472 e. The third-order valence-electron chi connectivity index (χ3n) is 11.2. The number of carbonyl (C=O) groups excluding carboxylic acids is 4. The van der Waals surface area contributed by atoms with Crippen molar-refractivity contribution in [3.63, 3.8) is 0 Å². The molecule has 13 nitrogen and oxygen atoms in total. The molecule has 13 atom stereocenters. The van der Waals surface area contributed by atoms with Crippen LogP contribution in [-0.4, -0.2) is 95.8 Å². The lowest BCUT2D eigenvalue weighted by molar-refractivity contribution is -0.263. The number of fused-ring (bicyclic) bond motifs is 3. The van der Waals surface area contributed by atoms with Crippen LogP contribution in [0.15, 0.2) is 12.3 Å². The molecule has 5 rings (SSSR count). The SMILES string of the molecule is CC(=O)OC1CC(C)C(C)(C2CC3C=COC3O2)C2CC(O)CC3(CO3)C12COC(=O)CC(C)OC(=O)CC(C)OC(=O)CC(C)O. The molecule has 2 aliphatic carbocycles. The molecule has 47 heavy (non-hydrogen) atoms. The van der Waals surface area contributed by atoms with E-state index in [1.807, 2.05) is 6.08 Å². The summed E-state index contributed by atoms with van der Waals surface area (Å²) in [6, 6.07) is 0. The zero-order chi connectivity index (χ0) is 34.3. The Morgan fingerprint density at radius 1 is 0.979 bits per heavy atom. The molecule has 0 bridgehead atoms. The average molecular weight is 667 g/mol. The average Bonchev–Trinajstić information content (AvgIpc) is 3.37. The Balaban J connectivity index is 1.31. The van der Waals surface area contributed by atoms with Gasteiger partial charge in [-0.1, -0.05) is 13.8 Å². The van der Waals surface area contributed by atoms with Gasteiger partial charge in [-0.25, -0.2) is 0 Å². The molecule has 13 unspecified atom stereocenters. The number of ether oxygens (including phenoxy) is 7. The molecule has 3 heterocycles. The Bertz CT molecular complexity index is 1230. The van der Waals surface area contributed by atoms with Gasteiger partial charge in [0, 0.05) is 24.7 Å². The molecule has 2 saturated heterocycles. The van der Waals surface area contributed by atoms with Gasteiger partial charge >= 0.3 is 23.9 Å². The number of esters is 4. The van der Waals surface area contributed by atoms with Gasteiger partial charge in [-0.15, -0.1) is 0 Å². The van der Waals surface area contributed by atoms with E-state index in [2.05, 4.69) is 13.8 Å². The van der Waals surface area contributed by atoms with Crippen molar-refractivity contribution in [2.45, 2.75) is 135 Å². The van der Waals surface area contributed by atoms with Gasteiger partial charge in [-0.2, -0.15) is 0 Å². The van der Waals surface area contributed by atoms with E-state index >= 15 is 0 Å². The highest BCUT2D eigenvalue weighted by molar-refractivity contribution is 5.74. The molecule has 2 N–H and O–H groups in total. The maximum atomic E-state index is 13.3. The Labute approximate surface area is 275 Å². The quantitative estimate of drug-likeness (QED) is 0.177. The van der Waals surface area contributed by atoms with Crippen LogP contribution < -0.4 is 0 Å². The normalized spacial score (nSPS) is 40.3. The Morgan fingerprint density at radius 2 is 1.62 bits per heavy atom. The number of carbonyl (C=O) groups is 4. The fraction of sp³-hybridized carbons (Fsp3) is 0.824. The molecule has 5 aliphatic rings. The fourth-order valence-electron chi connectivity index (χ4n) is 8.80. The van der Waals surface area contributed by atoms with Gasteiger partial charge in [-0.3, -0.25) is 19.2 Å². The predicted molar refractivity (Wildman–Crippen MR) is 162 cm³/mol. The Hall–Kier alpha value is -2.74. The third kappa shape index (κ3) is 7.04. The molecule has 3 aliphatic heterocycles. The summed E-state index contributed by atoms with van der Waals surface area (Å²) >= 11 is 0. The fourth-order valence-corrected chi connectivity index (χ4v) is 8.80. The summed E-state index contributed by atoms with van der Waals surface area (Å²) in [5, 5.41) is 20.5. The smallest absolute Gasteiger partial charge is 0.309 e. The molecule has 0 amide bonds. The lowest BCUT2D eigenvalue weighted by Gasteiger charge is -2.64. The summed E-state index contributed by atoms with van der Waals surface area (Å²) in [5.41, 5.74) is -2.33. The van der Waals surface area contributed by atoms with Crippen LogP contribution in [0, 0.1) is 28.6 Å². The van der Waals surface area contributed by atoms with Gasteiger partial charge in [0.05, 0.1) is 55.9 Å². The minimum atomic E-state index is -0.960. The molecule has 0 aromatic carbocycles. The summed E-state index contributed by atoms with van der Waals surface area (Å²) in [4.78, 5) is 50.1. The van der Waals surface area contributed by atoms with Crippen molar-refractivity contribution in [3.8, 4) is 0 Å². The highest BCUT2D eigenvalue weighted by Crippen LogP contribution is 2.70. The van der Waals surface area contributed by atoms with E-state index in [-0.39, 0.29) is 56.0 Å². The lowest BCUT2D eigenvalue weighted by Crippen LogP contribution is -2.70. The van der Waals surface area contributed by atoms with Crippen LogP contribution in [-0.2, 0) is 52.3 Å². The van der Waals surface area contributed by atoms with Crippen LogP contribution in [0.4, 0.5) is 0 Å². The predicted octanol–water partition coefficient (Wildman–Crippen LogP) is 2.72. The van der Waals surface area contributed by atoms with E-state index in [9.17, 15) is 29.4 Å². The minimum Gasteiger partial charge on any atom is -0.472 e. The molecule has 4 fully saturated rings. The van der Waals surface area contributed by atoms with Crippen LogP contribution in [0.5, 0.6) is 0 Å². The van der Waals surface area contributed by atoms with E-state index in [0.717, 1.165) is 6.42 Å². The Morgan fingerprint density at radius 3 is 2.21 bits per heavy atom. The van der Waals surface area contributed by atoms with E-state index in [1.54, 1.807) is 13.2 Å². The van der Waals surface area contributed by atoms with Crippen LogP contribution >= 0.6 is 0 Å². The standard InChI is InChI=1S/C34H50O13/c1-18-9-27(46-22(5)36)34(17-42-28(38)11-20(3)45-30(40)12-21(4)44-29(39)10-19(2)35)25(14-24(37)15-33(34)16-43-33)32(18,6)26-13-23-7-8-41-31(23)47-26/h7-8,18-21,23-27,31,35,37H,9-17H2,1-6H3. The molecule has 13 heteroatoms. The summed E-state index contributed by atoms with van der Waals surface area (Å²) in [7, 11) is 0. The molecule has 1 spiro atoms.